The smallest absolute Gasteiger partial charge is 0.305 e. The molecule has 26 heavy (non-hydrogen) atoms. The highest BCUT2D eigenvalue weighted by Gasteiger charge is 2.37. The zero-order valence-corrected chi connectivity index (χ0v) is 15.5. The number of carboxylic acid groups (broad SMARTS) is 1. The van der Waals surface area contributed by atoms with Gasteiger partial charge in [-0.2, -0.15) is 4.72 Å². The number of carbonyl (C=O) groups excluding carboxylic acids is 1. The maximum absolute atomic E-state index is 13.9. The predicted octanol–water partition coefficient (Wildman–Crippen LogP) is 1.59. The number of nitrogens with one attached hydrogen (secondary N) is 1. The molecule has 2 rings (SSSR count). The maximum Gasteiger partial charge on any atom is 0.305 e. The minimum atomic E-state index is -4.24. The van der Waals surface area contributed by atoms with Gasteiger partial charge in [-0.15, -0.1) is 0 Å². The standard InChI is InChI=1S/C17H23FN2O5S/c1-11(2)16(17(23)20-9-5-6-12(20)10-15(21)22)19-26(24,25)14-8-4-3-7-13(14)18/h3-4,7-8,11-12,16,19H,5-6,9-10H2,1-2H3,(H,21,22). The molecule has 1 aliphatic rings. The summed E-state index contributed by atoms with van der Waals surface area (Å²) >= 11 is 0. The number of hydrogen-bond acceptors (Lipinski definition) is 4. The second-order valence-electron chi connectivity index (χ2n) is 6.70. The van der Waals surface area contributed by atoms with Gasteiger partial charge in [0, 0.05) is 12.6 Å². The first-order valence-corrected chi connectivity index (χ1v) is 9.91. The molecular formula is C17H23FN2O5S. The van der Waals surface area contributed by atoms with Gasteiger partial charge < -0.3 is 10.0 Å². The summed E-state index contributed by atoms with van der Waals surface area (Å²) in [6.45, 7) is 3.73. The Morgan fingerprint density at radius 1 is 1.35 bits per heavy atom. The lowest BCUT2D eigenvalue weighted by atomic mass is 10.0. The summed E-state index contributed by atoms with van der Waals surface area (Å²) in [4.78, 5) is 24.8. The van der Waals surface area contributed by atoms with E-state index in [0.717, 1.165) is 12.1 Å². The van der Waals surface area contributed by atoms with Gasteiger partial charge in [-0.05, 0) is 30.9 Å². The number of carboxylic acids is 1. The van der Waals surface area contributed by atoms with E-state index < -0.39 is 50.6 Å². The predicted molar refractivity (Wildman–Crippen MR) is 92.3 cm³/mol. The monoisotopic (exact) mass is 386 g/mol. The van der Waals surface area contributed by atoms with Crippen molar-refractivity contribution in [2.45, 2.75) is 50.1 Å². The van der Waals surface area contributed by atoms with E-state index >= 15 is 0 Å². The molecule has 1 aromatic rings. The van der Waals surface area contributed by atoms with Crippen molar-refractivity contribution in [3.05, 3.63) is 30.1 Å². The topological polar surface area (TPSA) is 104 Å². The van der Waals surface area contributed by atoms with Crippen LogP contribution in [0, 0.1) is 11.7 Å². The fraction of sp³-hybridized carbons (Fsp3) is 0.529. The molecule has 2 N–H and O–H groups in total. The van der Waals surface area contributed by atoms with Crippen molar-refractivity contribution in [2.75, 3.05) is 6.54 Å². The molecule has 1 saturated heterocycles. The average Bonchev–Trinajstić information content (AvgIpc) is 2.99. The number of sulfonamides is 1. The van der Waals surface area contributed by atoms with E-state index in [1.54, 1.807) is 13.8 Å². The molecule has 9 heteroatoms. The normalized spacial score (nSPS) is 18.9. The highest BCUT2D eigenvalue weighted by Crippen LogP contribution is 2.23. The number of amides is 1. The Morgan fingerprint density at radius 3 is 2.58 bits per heavy atom. The highest BCUT2D eigenvalue weighted by molar-refractivity contribution is 7.89. The lowest BCUT2D eigenvalue weighted by Crippen LogP contribution is -2.52. The van der Waals surface area contributed by atoms with Crippen LogP contribution in [0.5, 0.6) is 0 Å². The van der Waals surface area contributed by atoms with Crippen LogP contribution < -0.4 is 4.72 Å². The Kier molecular flexibility index (Phi) is 6.35. The fourth-order valence-electron chi connectivity index (χ4n) is 3.08. The zero-order valence-electron chi connectivity index (χ0n) is 14.7. The molecule has 0 spiro atoms. The molecule has 2 atom stereocenters. The molecule has 0 bridgehead atoms. The Morgan fingerprint density at radius 2 is 2.00 bits per heavy atom. The van der Waals surface area contributed by atoms with Gasteiger partial charge in [0.2, 0.25) is 15.9 Å². The number of benzene rings is 1. The van der Waals surface area contributed by atoms with Crippen LogP contribution in [-0.2, 0) is 19.6 Å². The summed E-state index contributed by atoms with van der Waals surface area (Å²) in [5.74, 6) is -2.79. The summed E-state index contributed by atoms with van der Waals surface area (Å²) in [6, 6.07) is 3.37. The first kappa shape index (κ1) is 20.3. The third-order valence-electron chi connectivity index (χ3n) is 4.41. The largest absolute Gasteiger partial charge is 0.481 e. The van der Waals surface area contributed by atoms with Crippen molar-refractivity contribution < 1.29 is 27.5 Å². The van der Waals surface area contributed by atoms with Gasteiger partial charge in [-0.1, -0.05) is 26.0 Å². The third-order valence-corrected chi connectivity index (χ3v) is 5.89. The number of rotatable bonds is 7. The van der Waals surface area contributed by atoms with Crippen molar-refractivity contribution in [3.8, 4) is 0 Å². The Labute approximate surface area is 152 Å². The quantitative estimate of drug-likeness (QED) is 0.741. The van der Waals surface area contributed by atoms with Gasteiger partial charge in [0.05, 0.1) is 6.42 Å². The average molecular weight is 386 g/mol. The van der Waals surface area contributed by atoms with Gasteiger partial charge in [0.15, 0.2) is 0 Å². The van der Waals surface area contributed by atoms with Crippen LogP contribution in [0.3, 0.4) is 0 Å². The Balaban J connectivity index is 2.24. The Hall–Kier alpha value is -2.00. The number of halogens is 1. The first-order chi connectivity index (χ1) is 12.1. The molecule has 1 fully saturated rings. The van der Waals surface area contributed by atoms with Crippen LogP contribution in [0.1, 0.15) is 33.1 Å². The molecule has 0 aromatic heterocycles. The van der Waals surface area contributed by atoms with E-state index in [9.17, 15) is 22.4 Å². The molecule has 0 saturated carbocycles. The fourth-order valence-corrected chi connectivity index (χ4v) is 4.50. The molecule has 144 valence electrons. The van der Waals surface area contributed by atoms with E-state index in [-0.39, 0.29) is 6.42 Å². The van der Waals surface area contributed by atoms with Gasteiger partial charge in [0.25, 0.3) is 0 Å². The van der Waals surface area contributed by atoms with E-state index in [1.807, 2.05) is 0 Å². The molecular weight excluding hydrogens is 363 g/mol. The van der Waals surface area contributed by atoms with Gasteiger partial charge >= 0.3 is 5.97 Å². The number of hydrogen-bond donors (Lipinski definition) is 2. The lowest BCUT2D eigenvalue weighted by Gasteiger charge is -2.30. The van der Waals surface area contributed by atoms with Crippen LogP contribution in [0.2, 0.25) is 0 Å². The molecule has 0 aliphatic carbocycles. The summed E-state index contributed by atoms with van der Waals surface area (Å²) in [5.41, 5.74) is 0. The summed E-state index contributed by atoms with van der Waals surface area (Å²) in [6.07, 6.45) is 1.04. The number of aliphatic carboxylic acids is 1. The van der Waals surface area contributed by atoms with Crippen molar-refractivity contribution in [1.29, 1.82) is 0 Å². The molecule has 1 aliphatic heterocycles. The van der Waals surface area contributed by atoms with E-state index in [2.05, 4.69) is 4.72 Å². The molecule has 1 aromatic carbocycles. The van der Waals surface area contributed by atoms with E-state index in [0.29, 0.717) is 19.4 Å². The number of nitrogens with zero attached hydrogens (tertiary/aromatic N) is 1. The minimum absolute atomic E-state index is 0.184. The van der Waals surface area contributed by atoms with Gasteiger partial charge in [-0.25, -0.2) is 12.8 Å². The SMILES string of the molecule is CC(C)C(NS(=O)(=O)c1ccccc1F)C(=O)N1CCCC1CC(=O)O. The van der Waals surface area contributed by atoms with Gasteiger partial charge in [-0.3, -0.25) is 9.59 Å². The van der Waals surface area contributed by atoms with Crippen LogP contribution >= 0.6 is 0 Å². The minimum Gasteiger partial charge on any atom is -0.481 e. The molecule has 1 heterocycles. The maximum atomic E-state index is 13.9. The van der Waals surface area contributed by atoms with E-state index in [4.69, 9.17) is 5.11 Å². The second kappa shape index (κ2) is 8.13. The van der Waals surface area contributed by atoms with Crippen LogP contribution in [0.4, 0.5) is 4.39 Å². The van der Waals surface area contributed by atoms with Crippen molar-refractivity contribution in [1.82, 2.24) is 9.62 Å². The van der Waals surface area contributed by atoms with E-state index in [1.165, 1.54) is 17.0 Å². The van der Waals surface area contributed by atoms with Crippen LogP contribution in [0.15, 0.2) is 29.2 Å². The Bertz CT molecular complexity index is 781. The summed E-state index contributed by atoms with van der Waals surface area (Å²) < 4.78 is 41.2. The second-order valence-corrected chi connectivity index (χ2v) is 8.38. The molecule has 1 amide bonds. The summed E-state index contributed by atoms with van der Waals surface area (Å²) in [7, 11) is -4.24. The molecule has 7 nitrogen and oxygen atoms in total. The third kappa shape index (κ3) is 4.59. The van der Waals surface area contributed by atoms with Crippen LogP contribution in [-0.4, -0.2) is 48.9 Å². The number of carbonyl (C=O) groups is 2. The highest BCUT2D eigenvalue weighted by atomic mass is 32.2. The van der Waals surface area contributed by atoms with Crippen molar-refractivity contribution in [3.63, 3.8) is 0 Å². The van der Waals surface area contributed by atoms with Crippen molar-refractivity contribution >= 4 is 21.9 Å². The van der Waals surface area contributed by atoms with Crippen molar-refractivity contribution in [2.24, 2.45) is 5.92 Å². The van der Waals surface area contributed by atoms with Crippen LogP contribution in [0.25, 0.3) is 0 Å². The zero-order chi connectivity index (χ0) is 19.5. The molecule has 0 radical (unpaired) electrons. The first-order valence-electron chi connectivity index (χ1n) is 8.42. The van der Waals surface area contributed by atoms with Gasteiger partial charge in [0.1, 0.15) is 16.8 Å². The molecule has 2 unspecified atom stereocenters. The summed E-state index contributed by atoms with van der Waals surface area (Å²) in [5, 5.41) is 9.00. The number of likely N-dealkylation sites (tertiary alicyclic amines) is 1. The lowest BCUT2D eigenvalue weighted by molar-refractivity contribution is -0.140.